The molecule has 0 aromatic heterocycles. The maximum Gasteiger partial charge on any atom is 0.312 e. The van der Waals surface area contributed by atoms with Crippen molar-refractivity contribution in [2.75, 3.05) is 0 Å². The van der Waals surface area contributed by atoms with Gasteiger partial charge in [-0.25, -0.2) is 8.78 Å². The van der Waals surface area contributed by atoms with Gasteiger partial charge in [0.05, 0.1) is 16.6 Å². The van der Waals surface area contributed by atoms with E-state index < -0.39 is 22.2 Å². The highest BCUT2D eigenvalue weighted by Crippen LogP contribution is 2.28. The van der Waals surface area contributed by atoms with E-state index in [1.54, 1.807) is 6.07 Å². The first-order chi connectivity index (χ1) is 10.0. The maximum atomic E-state index is 13.4. The quantitative estimate of drug-likeness (QED) is 0.639. The molecule has 0 bridgehead atoms. The van der Waals surface area contributed by atoms with Crippen LogP contribution in [-0.4, -0.2) is 4.92 Å². The average molecular weight is 290 g/mol. The molecular weight excluding hydrogens is 282 g/mol. The van der Waals surface area contributed by atoms with Gasteiger partial charge in [0, 0.05) is 17.7 Å². The van der Waals surface area contributed by atoms with Crippen LogP contribution in [0.15, 0.2) is 36.4 Å². The maximum absolute atomic E-state index is 13.4. The van der Waals surface area contributed by atoms with E-state index in [4.69, 9.17) is 10.00 Å². The molecule has 2 rings (SSSR count). The molecule has 0 heterocycles. The number of nitro groups is 1. The topological polar surface area (TPSA) is 76.2 Å². The number of ether oxygens (including phenoxy) is 1. The van der Waals surface area contributed by atoms with Crippen molar-refractivity contribution in [1.29, 1.82) is 5.26 Å². The standard InChI is InChI=1S/C14H8F2N2O3/c15-11-3-2-10(12(16)6-11)8-21-14-4-1-9(7-17)5-13(14)18(19)20/h1-6H,8H2. The van der Waals surface area contributed by atoms with Crippen LogP contribution in [0.4, 0.5) is 14.5 Å². The van der Waals surface area contributed by atoms with E-state index in [0.717, 1.165) is 12.1 Å². The minimum Gasteiger partial charge on any atom is -0.482 e. The first kappa shape index (κ1) is 14.4. The summed E-state index contributed by atoms with van der Waals surface area (Å²) in [6.07, 6.45) is 0. The van der Waals surface area contributed by atoms with Gasteiger partial charge in [0.2, 0.25) is 0 Å². The molecule has 106 valence electrons. The SMILES string of the molecule is N#Cc1ccc(OCc2ccc(F)cc2F)c([N+](=O)[O-])c1. The Kier molecular flexibility index (Phi) is 4.09. The van der Waals surface area contributed by atoms with Gasteiger partial charge in [-0.1, -0.05) is 0 Å². The van der Waals surface area contributed by atoms with Crippen molar-refractivity contribution in [2.45, 2.75) is 6.61 Å². The Labute approximate surface area is 118 Å². The molecule has 0 saturated heterocycles. The van der Waals surface area contributed by atoms with Crippen LogP contribution >= 0.6 is 0 Å². The molecule has 21 heavy (non-hydrogen) atoms. The number of halogens is 2. The Balaban J connectivity index is 2.24. The minimum absolute atomic E-state index is 0.0649. The lowest BCUT2D eigenvalue weighted by molar-refractivity contribution is -0.386. The highest BCUT2D eigenvalue weighted by molar-refractivity contribution is 5.51. The lowest BCUT2D eigenvalue weighted by Crippen LogP contribution is -2.01. The van der Waals surface area contributed by atoms with Crippen molar-refractivity contribution < 1.29 is 18.4 Å². The van der Waals surface area contributed by atoms with Gasteiger partial charge in [-0.2, -0.15) is 5.26 Å². The Hall–Kier alpha value is -3.01. The van der Waals surface area contributed by atoms with Gasteiger partial charge in [-0.15, -0.1) is 0 Å². The van der Waals surface area contributed by atoms with E-state index in [-0.39, 0.29) is 23.5 Å². The zero-order valence-electron chi connectivity index (χ0n) is 10.5. The molecular formula is C14H8F2N2O3. The van der Waals surface area contributed by atoms with Crippen LogP contribution in [0.3, 0.4) is 0 Å². The van der Waals surface area contributed by atoms with Crippen LogP contribution in [0, 0.1) is 33.1 Å². The van der Waals surface area contributed by atoms with Gasteiger partial charge < -0.3 is 4.74 Å². The van der Waals surface area contributed by atoms with E-state index in [0.29, 0.717) is 6.07 Å². The van der Waals surface area contributed by atoms with Gasteiger partial charge in [0.1, 0.15) is 18.2 Å². The molecule has 0 atom stereocenters. The summed E-state index contributed by atoms with van der Waals surface area (Å²) >= 11 is 0. The Morgan fingerprint density at radius 3 is 2.62 bits per heavy atom. The van der Waals surface area contributed by atoms with Crippen LogP contribution in [0.25, 0.3) is 0 Å². The van der Waals surface area contributed by atoms with Crippen molar-refractivity contribution in [1.82, 2.24) is 0 Å². The third kappa shape index (κ3) is 3.30. The van der Waals surface area contributed by atoms with Gasteiger partial charge in [0.15, 0.2) is 5.75 Å². The van der Waals surface area contributed by atoms with Crippen molar-refractivity contribution in [2.24, 2.45) is 0 Å². The third-order valence-electron chi connectivity index (χ3n) is 2.68. The van der Waals surface area contributed by atoms with E-state index in [1.807, 2.05) is 0 Å². The van der Waals surface area contributed by atoms with E-state index in [1.165, 1.54) is 18.2 Å². The Morgan fingerprint density at radius 1 is 1.24 bits per heavy atom. The normalized spacial score (nSPS) is 9.95. The molecule has 0 aliphatic carbocycles. The van der Waals surface area contributed by atoms with Gasteiger partial charge in [-0.3, -0.25) is 10.1 Å². The summed E-state index contributed by atoms with van der Waals surface area (Å²) < 4.78 is 31.4. The smallest absolute Gasteiger partial charge is 0.312 e. The molecule has 0 aliphatic heterocycles. The monoisotopic (exact) mass is 290 g/mol. The highest BCUT2D eigenvalue weighted by Gasteiger charge is 2.16. The summed E-state index contributed by atoms with van der Waals surface area (Å²) in [5.74, 6) is -1.62. The second kappa shape index (κ2) is 5.96. The molecule has 0 N–H and O–H groups in total. The molecule has 0 saturated carbocycles. The minimum atomic E-state index is -0.800. The second-order valence-electron chi connectivity index (χ2n) is 4.08. The van der Waals surface area contributed by atoms with Crippen LogP contribution in [0.5, 0.6) is 5.75 Å². The van der Waals surface area contributed by atoms with Crippen molar-refractivity contribution in [3.8, 4) is 11.8 Å². The molecule has 0 radical (unpaired) electrons. The average Bonchev–Trinajstić information content (AvgIpc) is 2.46. The fraction of sp³-hybridized carbons (Fsp3) is 0.0714. The summed E-state index contributed by atoms with van der Waals surface area (Å²) in [4.78, 5) is 10.2. The zero-order chi connectivity index (χ0) is 15.4. The predicted octanol–water partition coefficient (Wildman–Crippen LogP) is 3.32. The molecule has 7 heteroatoms. The highest BCUT2D eigenvalue weighted by atomic mass is 19.1. The van der Waals surface area contributed by atoms with E-state index in [9.17, 15) is 18.9 Å². The lowest BCUT2D eigenvalue weighted by atomic mass is 10.2. The summed E-state index contributed by atoms with van der Waals surface area (Å²) in [5.41, 5.74) is -0.214. The van der Waals surface area contributed by atoms with Crippen LogP contribution in [-0.2, 0) is 6.61 Å². The lowest BCUT2D eigenvalue weighted by Gasteiger charge is -2.08. The van der Waals surface area contributed by atoms with Gasteiger partial charge in [0.25, 0.3) is 0 Å². The number of nitriles is 1. The molecule has 0 amide bonds. The Morgan fingerprint density at radius 2 is 2.00 bits per heavy atom. The number of nitrogens with zero attached hydrogens (tertiary/aromatic N) is 2. The summed E-state index contributed by atoms with van der Waals surface area (Å²) in [5, 5.41) is 19.6. The number of benzene rings is 2. The molecule has 0 fully saturated rings. The molecule has 2 aromatic rings. The van der Waals surface area contributed by atoms with Crippen molar-refractivity contribution in [3.05, 3.63) is 69.3 Å². The summed E-state index contributed by atoms with van der Waals surface area (Å²) in [6, 6.07) is 8.41. The largest absolute Gasteiger partial charge is 0.482 e. The third-order valence-corrected chi connectivity index (χ3v) is 2.68. The second-order valence-corrected chi connectivity index (χ2v) is 4.08. The van der Waals surface area contributed by atoms with E-state index >= 15 is 0 Å². The van der Waals surface area contributed by atoms with E-state index in [2.05, 4.69) is 0 Å². The number of nitro benzene ring substituents is 1. The van der Waals surface area contributed by atoms with Crippen LogP contribution < -0.4 is 4.74 Å². The molecule has 5 nitrogen and oxygen atoms in total. The van der Waals surface area contributed by atoms with Crippen LogP contribution in [0.1, 0.15) is 11.1 Å². The first-order valence-electron chi connectivity index (χ1n) is 5.76. The van der Waals surface area contributed by atoms with Crippen molar-refractivity contribution in [3.63, 3.8) is 0 Å². The number of hydrogen-bond acceptors (Lipinski definition) is 4. The van der Waals surface area contributed by atoms with Crippen LogP contribution in [0.2, 0.25) is 0 Å². The number of rotatable bonds is 4. The fourth-order valence-electron chi connectivity index (χ4n) is 1.65. The first-order valence-corrected chi connectivity index (χ1v) is 5.76. The summed E-state index contributed by atoms with van der Waals surface area (Å²) in [6.45, 7) is -0.293. The number of hydrogen-bond donors (Lipinski definition) is 0. The fourth-order valence-corrected chi connectivity index (χ4v) is 1.65. The molecule has 2 aromatic carbocycles. The van der Waals surface area contributed by atoms with Gasteiger partial charge in [-0.05, 0) is 24.3 Å². The molecule has 0 aliphatic rings. The predicted molar refractivity (Wildman–Crippen MR) is 68.5 cm³/mol. The summed E-state index contributed by atoms with van der Waals surface area (Å²) in [7, 11) is 0. The zero-order valence-corrected chi connectivity index (χ0v) is 10.5. The van der Waals surface area contributed by atoms with Crippen molar-refractivity contribution >= 4 is 5.69 Å². The Bertz CT molecular complexity index is 741. The molecule has 0 spiro atoms. The molecule has 0 unspecified atom stereocenters. The van der Waals surface area contributed by atoms with Gasteiger partial charge >= 0.3 is 5.69 Å².